The number of aromatic nitrogens is 1. The van der Waals surface area contributed by atoms with Crippen molar-refractivity contribution in [1.82, 2.24) is 10.3 Å². The number of anilines is 1. The standard InChI is InChI=1S/C10H12FN3O/c11-8-6-12-2-1-9(8)14-10(15)3-7-4-13-5-7/h1-2,6-7,13H,3-5H2,(H,12,14,15). The first kappa shape index (κ1) is 10.0. The van der Waals surface area contributed by atoms with Crippen molar-refractivity contribution < 1.29 is 9.18 Å². The number of rotatable bonds is 3. The van der Waals surface area contributed by atoms with E-state index in [9.17, 15) is 9.18 Å². The van der Waals surface area contributed by atoms with E-state index in [0.717, 1.165) is 19.3 Å². The van der Waals surface area contributed by atoms with E-state index < -0.39 is 5.82 Å². The third-order valence-corrected chi connectivity index (χ3v) is 2.39. The normalized spacial score (nSPS) is 15.8. The number of nitrogens with one attached hydrogen (secondary N) is 2. The lowest BCUT2D eigenvalue weighted by Crippen LogP contribution is -2.43. The Kier molecular flexibility index (Phi) is 2.91. The van der Waals surface area contributed by atoms with Gasteiger partial charge in [0.05, 0.1) is 11.9 Å². The Morgan fingerprint density at radius 1 is 1.67 bits per heavy atom. The van der Waals surface area contributed by atoms with Crippen LogP contribution >= 0.6 is 0 Å². The predicted molar refractivity (Wildman–Crippen MR) is 53.8 cm³/mol. The molecular weight excluding hydrogens is 197 g/mol. The van der Waals surface area contributed by atoms with E-state index in [0.29, 0.717) is 12.3 Å². The molecule has 4 nitrogen and oxygen atoms in total. The highest BCUT2D eigenvalue weighted by Crippen LogP contribution is 2.14. The molecule has 5 heteroatoms. The molecule has 2 rings (SSSR count). The van der Waals surface area contributed by atoms with E-state index in [-0.39, 0.29) is 11.6 Å². The van der Waals surface area contributed by atoms with Gasteiger partial charge in [-0.05, 0) is 25.1 Å². The Labute approximate surface area is 86.9 Å². The monoisotopic (exact) mass is 209 g/mol. The van der Waals surface area contributed by atoms with E-state index >= 15 is 0 Å². The van der Waals surface area contributed by atoms with Crippen LogP contribution in [0.1, 0.15) is 6.42 Å². The van der Waals surface area contributed by atoms with Gasteiger partial charge in [-0.3, -0.25) is 9.78 Å². The minimum absolute atomic E-state index is 0.147. The third kappa shape index (κ3) is 2.50. The predicted octanol–water partition coefficient (Wildman–Crippen LogP) is 0.769. The third-order valence-electron chi connectivity index (χ3n) is 2.39. The Morgan fingerprint density at radius 3 is 3.07 bits per heavy atom. The Bertz CT molecular complexity index is 365. The minimum Gasteiger partial charge on any atom is -0.323 e. The summed E-state index contributed by atoms with van der Waals surface area (Å²) in [6.07, 6.45) is 2.97. The maximum atomic E-state index is 13.1. The molecule has 0 spiro atoms. The highest BCUT2D eigenvalue weighted by atomic mass is 19.1. The van der Waals surface area contributed by atoms with Crippen molar-refractivity contribution in [1.29, 1.82) is 0 Å². The zero-order valence-electron chi connectivity index (χ0n) is 8.16. The number of amides is 1. The fourth-order valence-corrected chi connectivity index (χ4v) is 1.43. The van der Waals surface area contributed by atoms with Crippen LogP contribution in [0.5, 0.6) is 0 Å². The molecule has 1 aromatic rings. The molecule has 0 saturated carbocycles. The summed E-state index contributed by atoms with van der Waals surface area (Å²) in [5.74, 6) is -0.265. The van der Waals surface area contributed by atoms with Crippen molar-refractivity contribution in [3.8, 4) is 0 Å². The quantitative estimate of drug-likeness (QED) is 0.773. The van der Waals surface area contributed by atoms with Crippen LogP contribution in [0.25, 0.3) is 0 Å². The zero-order valence-corrected chi connectivity index (χ0v) is 8.16. The van der Waals surface area contributed by atoms with Gasteiger partial charge in [-0.1, -0.05) is 0 Å². The lowest BCUT2D eigenvalue weighted by Gasteiger charge is -2.26. The molecule has 0 aromatic carbocycles. The lowest BCUT2D eigenvalue weighted by molar-refractivity contribution is -0.117. The molecule has 0 atom stereocenters. The van der Waals surface area contributed by atoms with E-state index in [1.165, 1.54) is 12.3 Å². The summed E-state index contributed by atoms with van der Waals surface area (Å²) in [5.41, 5.74) is 0.197. The Hall–Kier alpha value is -1.49. The van der Waals surface area contributed by atoms with Gasteiger partial charge < -0.3 is 10.6 Å². The maximum absolute atomic E-state index is 13.1. The molecule has 0 radical (unpaired) electrons. The SMILES string of the molecule is O=C(CC1CNC1)Nc1ccncc1F. The number of carbonyl (C=O) groups excluding carboxylic acids is 1. The molecule has 15 heavy (non-hydrogen) atoms. The second-order valence-electron chi connectivity index (χ2n) is 3.63. The average Bonchev–Trinajstić information content (AvgIpc) is 2.16. The molecule has 1 fully saturated rings. The molecule has 1 aromatic heterocycles. The van der Waals surface area contributed by atoms with Gasteiger partial charge in [0, 0.05) is 12.6 Å². The first-order chi connectivity index (χ1) is 7.25. The van der Waals surface area contributed by atoms with Gasteiger partial charge in [-0.2, -0.15) is 0 Å². The van der Waals surface area contributed by atoms with Gasteiger partial charge in [-0.25, -0.2) is 4.39 Å². The van der Waals surface area contributed by atoms with Crippen LogP contribution in [0.4, 0.5) is 10.1 Å². The van der Waals surface area contributed by atoms with Crippen LogP contribution < -0.4 is 10.6 Å². The number of pyridine rings is 1. The average molecular weight is 209 g/mol. The van der Waals surface area contributed by atoms with E-state index in [2.05, 4.69) is 15.6 Å². The number of nitrogens with zero attached hydrogens (tertiary/aromatic N) is 1. The van der Waals surface area contributed by atoms with Crippen molar-refractivity contribution >= 4 is 11.6 Å². The number of halogens is 1. The van der Waals surface area contributed by atoms with Crippen LogP contribution in [0, 0.1) is 11.7 Å². The highest BCUT2D eigenvalue weighted by Gasteiger charge is 2.20. The molecule has 0 aliphatic carbocycles. The minimum atomic E-state index is -0.502. The molecule has 1 aliphatic heterocycles. The first-order valence-corrected chi connectivity index (χ1v) is 4.86. The van der Waals surface area contributed by atoms with Crippen molar-refractivity contribution in [2.24, 2.45) is 5.92 Å². The summed E-state index contributed by atoms with van der Waals surface area (Å²) in [6.45, 7) is 1.73. The van der Waals surface area contributed by atoms with Gasteiger partial charge in [-0.15, -0.1) is 0 Å². The molecule has 2 N–H and O–H groups in total. The maximum Gasteiger partial charge on any atom is 0.224 e. The summed E-state index contributed by atoms with van der Waals surface area (Å²) in [4.78, 5) is 15.0. The Morgan fingerprint density at radius 2 is 2.47 bits per heavy atom. The van der Waals surface area contributed by atoms with E-state index in [4.69, 9.17) is 0 Å². The summed E-state index contributed by atoms with van der Waals surface area (Å²) in [5, 5.41) is 5.61. The van der Waals surface area contributed by atoms with Crippen LogP contribution in [-0.4, -0.2) is 24.0 Å². The molecule has 1 saturated heterocycles. The molecule has 80 valence electrons. The fraction of sp³-hybridized carbons (Fsp3) is 0.400. The topological polar surface area (TPSA) is 54.0 Å². The summed E-state index contributed by atoms with van der Waals surface area (Å²) < 4.78 is 13.1. The van der Waals surface area contributed by atoms with Crippen molar-refractivity contribution in [2.75, 3.05) is 18.4 Å². The molecule has 0 unspecified atom stereocenters. The zero-order chi connectivity index (χ0) is 10.7. The summed E-state index contributed by atoms with van der Waals surface area (Å²) in [7, 11) is 0. The molecule has 0 bridgehead atoms. The highest BCUT2D eigenvalue weighted by molar-refractivity contribution is 5.90. The lowest BCUT2D eigenvalue weighted by atomic mass is 9.99. The first-order valence-electron chi connectivity index (χ1n) is 4.86. The fourth-order valence-electron chi connectivity index (χ4n) is 1.43. The number of hydrogen-bond acceptors (Lipinski definition) is 3. The van der Waals surface area contributed by atoms with Gasteiger partial charge >= 0.3 is 0 Å². The second-order valence-corrected chi connectivity index (χ2v) is 3.63. The number of hydrogen-bond donors (Lipinski definition) is 2. The molecule has 1 aliphatic rings. The van der Waals surface area contributed by atoms with Gasteiger partial charge in [0.25, 0.3) is 0 Å². The Balaban J connectivity index is 1.90. The van der Waals surface area contributed by atoms with Crippen molar-refractivity contribution in [2.45, 2.75) is 6.42 Å². The summed E-state index contributed by atoms with van der Waals surface area (Å²) >= 11 is 0. The van der Waals surface area contributed by atoms with Gasteiger partial charge in [0.2, 0.25) is 5.91 Å². The summed E-state index contributed by atoms with van der Waals surface area (Å²) in [6, 6.07) is 1.45. The van der Waals surface area contributed by atoms with Crippen LogP contribution in [0.2, 0.25) is 0 Å². The van der Waals surface area contributed by atoms with E-state index in [1.54, 1.807) is 0 Å². The van der Waals surface area contributed by atoms with Crippen molar-refractivity contribution in [3.63, 3.8) is 0 Å². The van der Waals surface area contributed by atoms with Crippen LogP contribution in [-0.2, 0) is 4.79 Å². The van der Waals surface area contributed by atoms with Gasteiger partial charge in [0.15, 0.2) is 5.82 Å². The largest absolute Gasteiger partial charge is 0.323 e. The van der Waals surface area contributed by atoms with Crippen molar-refractivity contribution in [3.05, 3.63) is 24.3 Å². The smallest absolute Gasteiger partial charge is 0.224 e. The molecule has 1 amide bonds. The van der Waals surface area contributed by atoms with Gasteiger partial charge in [0.1, 0.15) is 0 Å². The van der Waals surface area contributed by atoms with E-state index in [1.807, 2.05) is 0 Å². The second kappa shape index (κ2) is 4.35. The van der Waals surface area contributed by atoms with Crippen LogP contribution in [0.15, 0.2) is 18.5 Å². The molecule has 2 heterocycles. The molecular formula is C10H12FN3O. The van der Waals surface area contributed by atoms with Crippen LogP contribution in [0.3, 0.4) is 0 Å². The number of carbonyl (C=O) groups is 1.